The Hall–Kier alpha value is -0.570. The summed E-state index contributed by atoms with van der Waals surface area (Å²) in [5, 5.41) is 0.775. The summed E-state index contributed by atoms with van der Waals surface area (Å²) in [4.78, 5) is 2.47. The lowest BCUT2D eigenvalue weighted by Crippen LogP contribution is -2.48. The van der Waals surface area contributed by atoms with E-state index in [0.29, 0.717) is 0 Å². The average Bonchev–Trinajstić information content (AvgIpc) is 2.29. The van der Waals surface area contributed by atoms with E-state index in [2.05, 4.69) is 37.8 Å². The third-order valence-corrected chi connectivity index (χ3v) is 3.51. The van der Waals surface area contributed by atoms with E-state index >= 15 is 0 Å². The number of rotatable bonds is 1. The first kappa shape index (κ1) is 12.9. The Labute approximate surface area is 109 Å². The molecule has 1 atom stereocenters. The lowest BCUT2D eigenvalue weighted by molar-refractivity contribution is -0.0596. The molecule has 1 unspecified atom stereocenters. The van der Waals surface area contributed by atoms with E-state index in [9.17, 15) is 0 Å². The molecule has 1 aromatic rings. The Balaban J connectivity index is 2.09. The third-order valence-electron chi connectivity index (χ3n) is 3.26. The number of morpholine rings is 1. The summed E-state index contributed by atoms with van der Waals surface area (Å²) in [5.74, 6) is 0. The molecule has 0 bridgehead atoms. The van der Waals surface area contributed by atoms with Crippen LogP contribution in [0.1, 0.15) is 32.4 Å². The van der Waals surface area contributed by atoms with Gasteiger partial charge < -0.3 is 4.74 Å². The van der Waals surface area contributed by atoms with Crippen LogP contribution in [0, 0.1) is 0 Å². The van der Waals surface area contributed by atoms with Gasteiger partial charge in [0.1, 0.15) is 0 Å². The van der Waals surface area contributed by atoms with Crippen LogP contribution in [0.15, 0.2) is 24.3 Å². The van der Waals surface area contributed by atoms with E-state index in [1.54, 1.807) is 0 Å². The van der Waals surface area contributed by atoms with E-state index in [0.717, 1.165) is 24.7 Å². The Morgan fingerprint density at radius 1 is 1.24 bits per heavy atom. The van der Waals surface area contributed by atoms with Crippen LogP contribution in [0.2, 0.25) is 5.02 Å². The SMILES string of the molecule is CC(C)(C)N1CCOC(c2ccc(Cl)cc2)C1. The van der Waals surface area contributed by atoms with Crippen molar-refractivity contribution in [3.05, 3.63) is 34.9 Å². The van der Waals surface area contributed by atoms with Crippen molar-refractivity contribution in [2.45, 2.75) is 32.4 Å². The molecular formula is C14H20ClNO. The van der Waals surface area contributed by atoms with Crippen LogP contribution in [-0.4, -0.2) is 30.1 Å². The molecule has 17 heavy (non-hydrogen) atoms. The number of benzene rings is 1. The van der Waals surface area contributed by atoms with Gasteiger partial charge in [-0.1, -0.05) is 23.7 Å². The van der Waals surface area contributed by atoms with Gasteiger partial charge >= 0.3 is 0 Å². The highest BCUT2D eigenvalue weighted by molar-refractivity contribution is 6.30. The largest absolute Gasteiger partial charge is 0.371 e. The predicted octanol–water partition coefficient (Wildman–Crippen LogP) is 3.51. The Morgan fingerprint density at radius 2 is 1.88 bits per heavy atom. The summed E-state index contributed by atoms with van der Waals surface area (Å²) in [6, 6.07) is 7.96. The van der Waals surface area contributed by atoms with Crippen LogP contribution in [-0.2, 0) is 4.74 Å². The molecule has 1 aliphatic heterocycles. The van der Waals surface area contributed by atoms with E-state index in [-0.39, 0.29) is 11.6 Å². The summed E-state index contributed by atoms with van der Waals surface area (Å²) in [6.07, 6.45) is 0.167. The van der Waals surface area contributed by atoms with E-state index in [4.69, 9.17) is 16.3 Å². The lowest BCUT2D eigenvalue weighted by atomic mass is 10.0. The van der Waals surface area contributed by atoms with Gasteiger partial charge in [-0.15, -0.1) is 0 Å². The van der Waals surface area contributed by atoms with Crippen molar-refractivity contribution in [2.75, 3.05) is 19.7 Å². The molecule has 0 amide bonds. The van der Waals surface area contributed by atoms with E-state index in [1.807, 2.05) is 12.1 Å². The third kappa shape index (κ3) is 3.21. The highest BCUT2D eigenvalue weighted by Crippen LogP contribution is 2.27. The summed E-state index contributed by atoms with van der Waals surface area (Å²) in [7, 11) is 0. The normalized spacial score (nSPS) is 22.7. The van der Waals surface area contributed by atoms with Crippen molar-refractivity contribution in [1.82, 2.24) is 4.90 Å². The summed E-state index contributed by atoms with van der Waals surface area (Å²) < 4.78 is 5.84. The average molecular weight is 254 g/mol. The number of ether oxygens (including phenoxy) is 1. The number of hydrogen-bond acceptors (Lipinski definition) is 2. The highest BCUT2D eigenvalue weighted by Gasteiger charge is 2.28. The summed E-state index contributed by atoms with van der Waals surface area (Å²) in [5.41, 5.74) is 1.41. The second-order valence-electron chi connectivity index (χ2n) is 5.53. The Morgan fingerprint density at radius 3 is 2.47 bits per heavy atom. The smallest absolute Gasteiger partial charge is 0.0952 e. The van der Waals surface area contributed by atoms with Gasteiger partial charge in [0.25, 0.3) is 0 Å². The molecule has 0 saturated carbocycles. The van der Waals surface area contributed by atoms with Crippen LogP contribution in [0.4, 0.5) is 0 Å². The summed E-state index contributed by atoms with van der Waals surface area (Å²) in [6.45, 7) is 9.50. The zero-order valence-corrected chi connectivity index (χ0v) is 11.5. The minimum atomic E-state index is 0.167. The first-order valence-electron chi connectivity index (χ1n) is 6.09. The number of halogens is 1. The molecule has 2 rings (SSSR count). The Kier molecular flexibility index (Phi) is 3.76. The first-order valence-corrected chi connectivity index (χ1v) is 6.47. The van der Waals surface area contributed by atoms with E-state index < -0.39 is 0 Å². The molecular weight excluding hydrogens is 234 g/mol. The van der Waals surface area contributed by atoms with Crippen molar-refractivity contribution < 1.29 is 4.74 Å². The molecule has 0 aliphatic carbocycles. The van der Waals surface area contributed by atoms with Crippen LogP contribution in [0.5, 0.6) is 0 Å². The molecule has 1 saturated heterocycles. The monoisotopic (exact) mass is 253 g/mol. The van der Waals surface area contributed by atoms with Gasteiger partial charge in [-0.3, -0.25) is 4.90 Å². The fraction of sp³-hybridized carbons (Fsp3) is 0.571. The van der Waals surface area contributed by atoms with Crippen LogP contribution >= 0.6 is 11.6 Å². The maximum absolute atomic E-state index is 5.90. The second-order valence-corrected chi connectivity index (χ2v) is 5.96. The van der Waals surface area contributed by atoms with E-state index in [1.165, 1.54) is 5.56 Å². The molecule has 3 heteroatoms. The first-order chi connectivity index (χ1) is 7.97. The maximum atomic E-state index is 5.90. The Bertz CT molecular complexity index is 369. The van der Waals surface area contributed by atoms with Crippen molar-refractivity contribution >= 4 is 11.6 Å². The molecule has 0 N–H and O–H groups in total. The molecule has 0 radical (unpaired) electrons. The highest BCUT2D eigenvalue weighted by atomic mass is 35.5. The van der Waals surface area contributed by atoms with Gasteiger partial charge in [0.05, 0.1) is 12.7 Å². The maximum Gasteiger partial charge on any atom is 0.0952 e. The van der Waals surface area contributed by atoms with Crippen molar-refractivity contribution in [3.63, 3.8) is 0 Å². The van der Waals surface area contributed by atoms with Gasteiger partial charge in [0.2, 0.25) is 0 Å². The fourth-order valence-corrected chi connectivity index (χ4v) is 2.26. The molecule has 94 valence electrons. The van der Waals surface area contributed by atoms with Crippen molar-refractivity contribution in [2.24, 2.45) is 0 Å². The molecule has 2 nitrogen and oxygen atoms in total. The quantitative estimate of drug-likeness (QED) is 0.760. The molecule has 1 heterocycles. The molecule has 1 aliphatic rings. The fourth-order valence-electron chi connectivity index (χ4n) is 2.14. The lowest BCUT2D eigenvalue weighted by Gasteiger charge is -2.41. The van der Waals surface area contributed by atoms with Crippen molar-refractivity contribution in [3.8, 4) is 0 Å². The zero-order valence-electron chi connectivity index (χ0n) is 10.7. The topological polar surface area (TPSA) is 12.5 Å². The van der Waals surface area contributed by atoms with Crippen LogP contribution < -0.4 is 0 Å². The minimum absolute atomic E-state index is 0.167. The molecule has 0 aromatic heterocycles. The van der Waals surface area contributed by atoms with Crippen molar-refractivity contribution in [1.29, 1.82) is 0 Å². The van der Waals surface area contributed by atoms with Gasteiger partial charge in [-0.2, -0.15) is 0 Å². The summed E-state index contributed by atoms with van der Waals surface area (Å²) >= 11 is 5.90. The van der Waals surface area contributed by atoms with Gasteiger partial charge in [-0.25, -0.2) is 0 Å². The van der Waals surface area contributed by atoms with Gasteiger partial charge in [-0.05, 0) is 38.5 Å². The molecule has 1 fully saturated rings. The second kappa shape index (κ2) is 4.97. The minimum Gasteiger partial charge on any atom is -0.371 e. The molecule has 0 spiro atoms. The van der Waals surface area contributed by atoms with Gasteiger partial charge in [0.15, 0.2) is 0 Å². The zero-order chi connectivity index (χ0) is 12.5. The van der Waals surface area contributed by atoms with Crippen LogP contribution in [0.25, 0.3) is 0 Å². The number of nitrogens with zero attached hydrogens (tertiary/aromatic N) is 1. The predicted molar refractivity (Wildman–Crippen MR) is 71.5 cm³/mol. The van der Waals surface area contributed by atoms with Crippen LogP contribution in [0.3, 0.4) is 0 Å². The standard InChI is InChI=1S/C14H20ClNO/c1-14(2,3)16-8-9-17-13(10-16)11-4-6-12(15)7-5-11/h4-7,13H,8-10H2,1-3H3. The van der Waals surface area contributed by atoms with Gasteiger partial charge in [0, 0.05) is 23.7 Å². The molecule has 1 aromatic carbocycles. The number of hydrogen-bond donors (Lipinski definition) is 0.